The second-order valence-electron chi connectivity index (χ2n) is 8.50. The second kappa shape index (κ2) is 8.91. The number of rotatable bonds is 5. The largest absolute Gasteiger partial charge is 0.489 e. The third kappa shape index (κ3) is 4.39. The van der Waals surface area contributed by atoms with E-state index in [1.807, 2.05) is 75.4 Å². The standard InChI is InChI=1S/C26H24ClN5O2/c1-15-11-16(2)29-26(28-15)32-25-24(17(3)31-32)22(13-23(33)30-25)19-7-9-21(10-8-19)34-14-18-5-4-6-20(27)12-18/h4-12,22H,13-14H2,1-3H3,(H,30,33)/t22-/m1/s1. The summed E-state index contributed by atoms with van der Waals surface area (Å²) < 4.78 is 7.55. The molecule has 172 valence electrons. The van der Waals surface area contributed by atoms with Crippen LogP contribution in [-0.2, 0) is 11.4 Å². The SMILES string of the molecule is Cc1cc(C)nc(-n2nc(C)c3c2NC(=O)C[C@@H]3c2ccc(OCc3cccc(Cl)c3)cc2)n1. The topological polar surface area (TPSA) is 81.9 Å². The lowest BCUT2D eigenvalue weighted by Gasteiger charge is -2.24. The zero-order valence-corrected chi connectivity index (χ0v) is 19.9. The first-order valence-corrected chi connectivity index (χ1v) is 11.4. The molecule has 0 saturated heterocycles. The molecule has 4 aromatic rings. The zero-order valence-electron chi connectivity index (χ0n) is 19.2. The van der Waals surface area contributed by atoms with Gasteiger partial charge in [-0.15, -0.1) is 0 Å². The van der Waals surface area contributed by atoms with Crippen molar-refractivity contribution in [3.05, 3.63) is 93.4 Å². The van der Waals surface area contributed by atoms with E-state index in [0.29, 0.717) is 29.8 Å². The number of anilines is 1. The van der Waals surface area contributed by atoms with E-state index in [0.717, 1.165) is 39.5 Å². The molecule has 0 aliphatic carbocycles. The summed E-state index contributed by atoms with van der Waals surface area (Å²) in [5.74, 6) is 1.65. The van der Waals surface area contributed by atoms with E-state index in [1.165, 1.54) is 0 Å². The number of aryl methyl sites for hydroxylation is 3. The Bertz CT molecular complexity index is 1360. The number of halogens is 1. The lowest BCUT2D eigenvalue weighted by molar-refractivity contribution is -0.116. The van der Waals surface area contributed by atoms with Crippen LogP contribution in [-0.4, -0.2) is 25.7 Å². The highest BCUT2D eigenvalue weighted by atomic mass is 35.5. The van der Waals surface area contributed by atoms with Crippen LogP contribution in [0.5, 0.6) is 5.75 Å². The first-order chi connectivity index (χ1) is 16.4. The Morgan fingerprint density at radius 2 is 1.79 bits per heavy atom. The number of amides is 1. The number of fused-ring (bicyclic) bond motifs is 1. The minimum Gasteiger partial charge on any atom is -0.489 e. The number of nitrogens with one attached hydrogen (secondary N) is 1. The van der Waals surface area contributed by atoms with Crippen LogP contribution in [0.25, 0.3) is 5.95 Å². The van der Waals surface area contributed by atoms with Crippen molar-refractivity contribution in [1.29, 1.82) is 0 Å². The van der Waals surface area contributed by atoms with Crippen molar-refractivity contribution in [3.8, 4) is 11.7 Å². The number of hydrogen-bond donors (Lipinski definition) is 1. The number of carbonyl (C=O) groups excluding carboxylic acids is 1. The number of hydrogen-bond acceptors (Lipinski definition) is 5. The van der Waals surface area contributed by atoms with Gasteiger partial charge in [0.2, 0.25) is 5.91 Å². The average Bonchev–Trinajstić information content (AvgIpc) is 3.13. The molecule has 1 N–H and O–H groups in total. The average molecular weight is 474 g/mol. The molecule has 0 bridgehead atoms. The van der Waals surface area contributed by atoms with Gasteiger partial charge in [-0.2, -0.15) is 9.78 Å². The molecule has 1 aliphatic heterocycles. The molecular weight excluding hydrogens is 450 g/mol. The molecule has 3 heterocycles. The van der Waals surface area contributed by atoms with E-state index in [4.69, 9.17) is 16.3 Å². The Morgan fingerprint density at radius 1 is 1.06 bits per heavy atom. The fourth-order valence-electron chi connectivity index (χ4n) is 4.37. The third-order valence-corrected chi connectivity index (χ3v) is 6.07. The molecule has 1 atom stereocenters. The molecule has 5 rings (SSSR count). The molecule has 34 heavy (non-hydrogen) atoms. The highest BCUT2D eigenvalue weighted by Crippen LogP contribution is 2.40. The van der Waals surface area contributed by atoms with Gasteiger partial charge in [-0.3, -0.25) is 4.79 Å². The highest BCUT2D eigenvalue weighted by Gasteiger charge is 2.33. The molecular formula is C26H24ClN5O2. The van der Waals surface area contributed by atoms with Crippen LogP contribution in [0, 0.1) is 20.8 Å². The Balaban J connectivity index is 1.43. The van der Waals surface area contributed by atoms with Crippen molar-refractivity contribution in [2.24, 2.45) is 0 Å². The van der Waals surface area contributed by atoms with E-state index < -0.39 is 0 Å². The predicted molar refractivity (Wildman–Crippen MR) is 131 cm³/mol. The maximum Gasteiger partial charge on any atom is 0.252 e. The predicted octanol–water partition coefficient (Wildman–Crippen LogP) is 5.29. The second-order valence-corrected chi connectivity index (χ2v) is 8.94. The maximum absolute atomic E-state index is 12.7. The van der Waals surface area contributed by atoms with Crippen LogP contribution < -0.4 is 10.1 Å². The quantitative estimate of drug-likeness (QED) is 0.425. The fraction of sp³-hybridized carbons (Fsp3) is 0.231. The number of carbonyl (C=O) groups is 1. The molecule has 8 heteroatoms. The molecule has 7 nitrogen and oxygen atoms in total. The number of aromatic nitrogens is 4. The Morgan fingerprint density at radius 3 is 2.50 bits per heavy atom. The minimum atomic E-state index is -0.120. The van der Waals surface area contributed by atoms with Crippen molar-refractivity contribution in [3.63, 3.8) is 0 Å². The van der Waals surface area contributed by atoms with E-state index >= 15 is 0 Å². The van der Waals surface area contributed by atoms with Crippen LogP contribution in [0.2, 0.25) is 5.02 Å². The van der Waals surface area contributed by atoms with Gasteiger partial charge in [0.1, 0.15) is 18.2 Å². The summed E-state index contributed by atoms with van der Waals surface area (Å²) in [6, 6.07) is 17.4. The fourth-order valence-corrected chi connectivity index (χ4v) is 4.58. The van der Waals surface area contributed by atoms with Crippen LogP contribution in [0.1, 0.15) is 46.1 Å². The first kappa shape index (κ1) is 22.1. The van der Waals surface area contributed by atoms with Crippen LogP contribution >= 0.6 is 11.6 Å². The molecule has 1 amide bonds. The van der Waals surface area contributed by atoms with E-state index in [9.17, 15) is 4.79 Å². The Kier molecular flexibility index (Phi) is 5.79. The monoisotopic (exact) mass is 473 g/mol. The number of nitrogens with zero attached hydrogens (tertiary/aromatic N) is 4. The van der Waals surface area contributed by atoms with Gasteiger partial charge in [0.05, 0.1) is 5.69 Å². The molecule has 0 saturated carbocycles. The van der Waals surface area contributed by atoms with Gasteiger partial charge < -0.3 is 10.1 Å². The van der Waals surface area contributed by atoms with Gasteiger partial charge in [0, 0.05) is 34.3 Å². The van der Waals surface area contributed by atoms with Crippen molar-refractivity contribution in [1.82, 2.24) is 19.7 Å². The van der Waals surface area contributed by atoms with Gasteiger partial charge in [0.25, 0.3) is 5.95 Å². The van der Waals surface area contributed by atoms with Crippen molar-refractivity contribution < 1.29 is 9.53 Å². The minimum absolute atomic E-state index is 0.0655. The summed E-state index contributed by atoms with van der Waals surface area (Å²) in [5.41, 5.74) is 5.53. The molecule has 0 radical (unpaired) electrons. The van der Waals surface area contributed by atoms with E-state index in [-0.39, 0.29) is 11.8 Å². The van der Waals surface area contributed by atoms with Crippen LogP contribution in [0.4, 0.5) is 5.82 Å². The Hall–Kier alpha value is -3.71. The third-order valence-electron chi connectivity index (χ3n) is 5.84. The van der Waals surface area contributed by atoms with Crippen LogP contribution in [0.3, 0.4) is 0 Å². The van der Waals surface area contributed by atoms with Gasteiger partial charge in [-0.25, -0.2) is 9.97 Å². The summed E-state index contributed by atoms with van der Waals surface area (Å²) in [7, 11) is 0. The van der Waals surface area contributed by atoms with Gasteiger partial charge in [-0.1, -0.05) is 35.9 Å². The van der Waals surface area contributed by atoms with Gasteiger partial charge in [-0.05, 0) is 62.2 Å². The maximum atomic E-state index is 12.7. The van der Waals surface area contributed by atoms with Gasteiger partial charge in [0.15, 0.2) is 0 Å². The molecule has 2 aromatic heterocycles. The Labute approximate surface area is 202 Å². The van der Waals surface area contributed by atoms with E-state index in [1.54, 1.807) is 4.68 Å². The van der Waals surface area contributed by atoms with Gasteiger partial charge >= 0.3 is 0 Å². The van der Waals surface area contributed by atoms with Crippen molar-refractivity contribution >= 4 is 23.3 Å². The highest BCUT2D eigenvalue weighted by molar-refractivity contribution is 6.30. The summed E-state index contributed by atoms with van der Waals surface area (Å²) in [5, 5.41) is 8.36. The molecule has 0 spiro atoms. The number of ether oxygens (including phenoxy) is 1. The van der Waals surface area contributed by atoms with Crippen LogP contribution in [0.15, 0.2) is 54.6 Å². The zero-order chi connectivity index (χ0) is 23.8. The van der Waals surface area contributed by atoms with Crippen molar-refractivity contribution in [2.45, 2.75) is 39.7 Å². The molecule has 0 unspecified atom stereocenters. The lowest BCUT2D eigenvalue weighted by atomic mass is 9.86. The molecule has 2 aromatic carbocycles. The number of benzene rings is 2. The summed E-state index contributed by atoms with van der Waals surface area (Å²) >= 11 is 6.05. The summed E-state index contributed by atoms with van der Waals surface area (Å²) in [6.45, 7) is 6.21. The smallest absolute Gasteiger partial charge is 0.252 e. The molecule has 1 aliphatic rings. The molecule has 0 fully saturated rings. The van der Waals surface area contributed by atoms with Crippen molar-refractivity contribution in [2.75, 3.05) is 5.32 Å². The van der Waals surface area contributed by atoms with E-state index in [2.05, 4.69) is 20.4 Å². The summed E-state index contributed by atoms with van der Waals surface area (Å²) in [6.07, 6.45) is 0.343. The normalized spacial score (nSPS) is 15.1. The summed E-state index contributed by atoms with van der Waals surface area (Å²) in [4.78, 5) is 21.7. The lowest BCUT2D eigenvalue weighted by Crippen LogP contribution is -2.25. The first-order valence-electron chi connectivity index (χ1n) is 11.1.